The summed E-state index contributed by atoms with van der Waals surface area (Å²) in [6.45, 7) is 1.80. The van der Waals surface area contributed by atoms with Crippen molar-refractivity contribution in [2.45, 2.75) is 25.7 Å². The zero-order valence-corrected chi connectivity index (χ0v) is 8.67. The average molecular weight is 209 g/mol. The van der Waals surface area contributed by atoms with Crippen LogP contribution in [0.15, 0.2) is 12.2 Å². The third kappa shape index (κ3) is 2.17. The van der Waals surface area contributed by atoms with E-state index in [1.807, 2.05) is 0 Å². The molecule has 1 heterocycles. The van der Waals surface area contributed by atoms with Crippen LogP contribution in [0.2, 0.25) is 0 Å². The lowest BCUT2D eigenvalue weighted by Gasteiger charge is -1.92. The summed E-state index contributed by atoms with van der Waals surface area (Å²) >= 11 is 1.47. The third-order valence-corrected chi connectivity index (χ3v) is 2.92. The highest BCUT2D eigenvalue weighted by Crippen LogP contribution is 2.41. The first-order valence-corrected chi connectivity index (χ1v) is 5.38. The molecule has 0 aliphatic heterocycles. The number of carbonyl (C=O) groups is 1. The number of nitrogens with zero attached hydrogens (tertiary/aromatic N) is 2. The van der Waals surface area contributed by atoms with Gasteiger partial charge in [-0.05, 0) is 25.8 Å². The molecule has 5 heteroatoms. The van der Waals surface area contributed by atoms with Gasteiger partial charge in [-0.1, -0.05) is 17.4 Å². The molecule has 1 aliphatic carbocycles. The highest BCUT2D eigenvalue weighted by atomic mass is 32.1. The molecule has 1 aromatic heterocycles. The van der Waals surface area contributed by atoms with E-state index in [-0.39, 0.29) is 5.91 Å². The van der Waals surface area contributed by atoms with Crippen LogP contribution < -0.4 is 5.32 Å². The maximum absolute atomic E-state index is 11.1. The first kappa shape index (κ1) is 9.33. The van der Waals surface area contributed by atoms with Gasteiger partial charge in [-0.15, -0.1) is 10.2 Å². The molecule has 0 saturated heterocycles. The van der Waals surface area contributed by atoms with Gasteiger partial charge in [0, 0.05) is 5.92 Å². The molecule has 0 spiro atoms. The van der Waals surface area contributed by atoms with Crippen molar-refractivity contribution in [3.8, 4) is 0 Å². The highest BCUT2D eigenvalue weighted by molar-refractivity contribution is 7.15. The maximum Gasteiger partial charge on any atom is 0.249 e. The van der Waals surface area contributed by atoms with E-state index in [1.165, 1.54) is 30.3 Å². The van der Waals surface area contributed by atoms with Crippen molar-refractivity contribution in [2.75, 3.05) is 5.32 Å². The minimum Gasteiger partial charge on any atom is -0.297 e. The number of rotatable bonds is 3. The quantitative estimate of drug-likeness (QED) is 0.774. The molecule has 2 rings (SSSR count). The largest absolute Gasteiger partial charge is 0.297 e. The second-order valence-corrected chi connectivity index (χ2v) is 4.22. The molecule has 1 aromatic rings. The fourth-order valence-corrected chi connectivity index (χ4v) is 1.99. The Balaban J connectivity index is 1.98. The van der Waals surface area contributed by atoms with Gasteiger partial charge in [-0.2, -0.15) is 0 Å². The molecule has 1 aliphatic rings. The van der Waals surface area contributed by atoms with Crippen LogP contribution in [0.25, 0.3) is 0 Å². The lowest BCUT2D eigenvalue weighted by molar-refractivity contribution is -0.111. The van der Waals surface area contributed by atoms with E-state index in [0.717, 1.165) is 5.01 Å². The summed E-state index contributed by atoms with van der Waals surface area (Å²) in [7, 11) is 0. The Kier molecular flexibility index (Phi) is 2.58. The molecule has 1 fully saturated rings. The molecule has 74 valence electrons. The monoisotopic (exact) mass is 209 g/mol. The van der Waals surface area contributed by atoms with Crippen molar-refractivity contribution in [2.24, 2.45) is 0 Å². The van der Waals surface area contributed by atoms with Gasteiger partial charge in [-0.25, -0.2) is 0 Å². The van der Waals surface area contributed by atoms with Gasteiger partial charge < -0.3 is 0 Å². The van der Waals surface area contributed by atoms with Crippen molar-refractivity contribution >= 4 is 22.4 Å². The van der Waals surface area contributed by atoms with Gasteiger partial charge >= 0.3 is 0 Å². The van der Waals surface area contributed by atoms with Gasteiger partial charge in [0.1, 0.15) is 5.01 Å². The molecule has 4 nitrogen and oxygen atoms in total. The van der Waals surface area contributed by atoms with Gasteiger partial charge in [0.2, 0.25) is 11.0 Å². The van der Waals surface area contributed by atoms with Crippen LogP contribution in [0.5, 0.6) is 0 Å². The number of aromatic nitrogens is 2. The van der Waals surface area contributed by atoms with Crippen LogP contribution in [-0.2, 0) is 4.79 Å². The lowest BCUT2D eigenvalue weighted by Crippen LogP contribution is -2.07. The van der Waals surface area contributed by atoms with Gasteiger partial charge in [-0.3, -0.25) is 10.1 Å². The predicted molar refractivity (Wildman–Crippen MR) is 55.3 cm³/mol. The molecule has 0 radical (unpaired) electrons. The summed E-state index contributed by atoms with van der Waals surface area (Å²) in [5, 5.41) is 12.2. The molecule has 1 N–H and O–H groups in total. The summed E-state index contributed by atoms with van der Waals surface area (Å²) in [6.07, 6.45) is 5.57. The minimum absolute atomic E-state index is 0.147. The second kappa shape index (κ2) is 3.88. The second-order valence-electron chi connectivity index (χ2n) is 3.21. The summed E-state index contributed by atoms with van der Waals surface area (Å²) in [5.41, 5.74) is 0. The van der Waals surface area contributed by atoms with Gasteiger partial charge in [0.15, 0.2) is 0 Å². The first-order chi connectivity index (χ1) is 6.79. The number of nitrogens with one attached hydrogen (secondary N) is 1. The predicted octanol–water partition coefficient (Wildman–Crippen LogP) is 1.93. The van der Waals surface area contributed by atoms with E-state index >= 15 is 0 Å². The molecule has 0 atom stereocenters. The Morgan fingerprint density at radius 3 is 3.00 bits per heavy atom. The van der Waals surface area contributed by atoms with Crippen LogP contribution in [-0.4, -0.2) is 16.1 Å². The molecular weight excluding hydrogens is 198 g/mol. The zero-order valence-electron chi connectivity index (χ0n) is 7.86. The average Bonchev–Trinajstić information content (AvgIpc) is 2.89. The fraction of sp³-hybridized carbons (Fsp3) is 0.444. The van der Waals surface area contributed by atoms with Crippen molar-refractivity contribution < 1.29 is 4.79 Å². The van der Waals surface area contributed by atoms with Crippen LogP contribution in [0.1, 0.15) is 30.7 Å². The number of anilines is 1. The first-order valence-electron chi connectivity index (χ1n) is 4.56. The minimum atomic E-state index is -0.147. The number of hydrogen-bond donors (Lipinski definition) is 1. The normalized spacial score (nSPS) is 16.1. The van der Waals surface area contributed by atoms with Gasteiger partial charge in [0.05, 0.1) is 0 Å². The van der Waals surface area contributed by atoms with E-state index in [2.05, 4.69) is 15.5 Å². The molecular formula is C9H11N3OS. The standard InChI is InChI=1S/C9H11N3OS/c1-2-3-7(13)10-9-12-11-8(14-9)6-4-5-6/h2-3,6H,4-5H2,1H3,(H,10,12,13). The van der Waals surface area contributed by atoms with E-state index in [1.54, 1.807) is 13.0 Å². The Morgan fingerprint density at radius 2 is 2.36 bits per heavy atom. The Labute approximate surface area is 86.1 Å². The Hall–Kier alpha value is -1.23. The molecule has 0 aromatic carbocycles. The lowest BCUT2D eigenvalue weighted by atomic mass is 10.5. The van der Waals surface area contributed by atoms with Crippen molar-refractivity contribution in [1.29, 1.82) is 0 Å². The summed E-state index contributed by atoms with van der Waals surface area (Å²) in [6, 6.07) is 0. The topological polar surface area (TPSA) is 54.9 Å². The van der Waals surface area contributed by atoms with E-state index < -0.39 is 0 Å². The maximum atomic E-state index is 11.1. The fourth-order valence-electron chi connectivity index (χ4n) is 1.08. The van der Waals surface area contributed by atoms with Crippen LogP contribution >= 0.6 is 11.3 Å². The zero-order chi connectivity index (χ0) is 9.97. The molecule has 1 saturated carbocycles. The highest BCUT2D eigenvalue weighted by Gasteiger charge is 2.27. The number of hydrogen-bond acceptors (Lipinski definition) is 4. The van der Waals surface area contributed by atoms with Gasteiger partial charge in [0.25, 0.3) is 0 Å². The van der Waals surface area contributed by atoms with E-state index in [0.29, 0.717) is 11.0 Å². The number of allylic oxidation sites excluding steroid dienone is 1. The molecule has 1 amide bonds. The van der Waals surface area contributed by atoms with Crippen molar-refractivity contribution in [1.82, 2.24) is 10.2 Å². The third-order valence-electron chi connectivity index (χ3n) is 1.92. The summed E-state index contributed by atoms with van der Waals surface area (Å²) < 4.78 is 0. The van der Waals surface area contributed by atoms with Crippen molar-refractivity contribution in [3.63, 3.8) is 0 Å². The van der Waals surface area contributed by atoms with Crippen LogP contribution in [0.3, 0.4) is 0 Å². The number of carbonyl (C=O) groups excluding carboxylic acids is 1. The van der Waals surface area contributed by atoms with Crippen LogP contribution in [0.4, 0.5) is 5.13 Å². The van der Waals surface area contributed by atoms with Crippen LogP contribution in [0, 0.1) is 0 Å². The smallest absolute Gasteiger partial charge is 0.249 e. The van der Waals surface area contributed by atoms with E-state index in [4.69, 9.17) is 0 Å². The van der Waals surface area contributed by atoms with Crippen molar-refractivity contribution in [3.05, 3.63) is 17.2 Å². The molecule has 0 bridgehead atoms. The Bertz CT molecular complexity index is 368. The Morgan fingerprint density at radius 1 is 1.57 bits per heavy atom. The molecule has 14 heavy (non-hydrogen) atoms. The molecule has 0 unspecified atom stereocenters. The van der Waals surface area contributed by atoms with E-state index in [9.17, 15) is 4.79 Å². The number of amides is 1. The summed E-state index contributed by atoms with van der Waals surface area (Å²) in [5.74, 6) is 0.450. The summed E-state index contributed by atoms with van der Waals surface area (Å²) in [4.78, 5) is 11.1. The SMILES string of the molecule is CC=CC(=O)Nc1nnc(C2CC2)s1.